The highest BCUT2D eigenvalue weighted by atomic mass is 16.2. The van der Waals surface area contributed by atoms with E-state index in [1.54, 1.807) is 12.5 Å². The number of hydrogen-bond acceptors (Lipinski definition) is 4. The average Bonchev–Trinajstić information content (AvgIpc) is 2.88. The SMILES string of the molecule is CC(C)N1C(=O)CC(NCCc2cnc[nH]2)C1=O. The molecule has 0 aliphatic carbocycles. The van der Waals surface area contributed by atoms with E-state index < -0.39 is 0 Å². The molecule has 1 aliphatic heterocycles. The molecule has 1 unspecified atom stereocenters. The van der Waals surface area contributed by atoms with E-state index in [1.165, 1.54) is 4.90 Å². The van der Waals surface area contributed by atoms with Gasteiger partial charge in [0.05, 0.1) is 18.8 Å². The van der Waals surface area contributed by atoms with Gasteiger partial charge in [0.25, 0.3) is 0 Å². The Labute approximate surface area is 106 Å². The summed E-state index contributed by atoms with van der Waals surface area (Å²) in [6, 6.07) is -0.438. The van der Waals surface area contributed by atoms with Crippen LogP contribution in [0.5, 0.6) is 0 Å². The number of carbonyl (C=O) groups excluding carboxylic acids is 2. The molecule has 18 heavy (non-hydrogen) atoms. The minimum Gasteiger partial charge on any atom is -0.348 e. The second kappa shape index (κ2) is 5.30. The van der Waals surface area contributed by atoms with E-state index in [9.17, 15) is 9.59 Å². The van der Waals surface area contributed by atoms with Crippen LogP contribution in [0.2, 0.25) is 0 Å². The highest BCUT2D eigenvalue weighted by Crippen LogP contribution is 2.15. The number of aromatic amines is 1. The summed E-state index contributed by atoms with van der Waals surface area (Å²) < 4.78 is 0. The van der Waals surface area contributed by atoms with Gasteiger partial charge in [0.1, 0.15) is 0 Å². The van der Waals surface area contributed by atoms with Crippen molar-refractivity contribution in [1.29, 1.82) is 0 Å². The molecule has 1 aromatic heterocycles. The van der Waals surface area contributed by atoms with Crippen molar-refractivity contribution in [2.45, 2.75) is 38.8 Å². The van der Waals surface area contributed by atoms with Crippen molar-refractivity contribution in [1.82, 2.24) is 20.2 Å². The number of H-pyrrole nitrogens is 1. The summed E-state index contributed by atoms with van der Waals surface area (Å²) in [5.41, 5.74) is 1.01. The van der Waals surface area contributed by atoms with E-state index in [1.807, 2.05) is 13.8 Å². The molecule has 1 saturated heterocycles. The molecule has 2 amide bonds. The third kappa shape index (κ3) is 2.59. The maximum absolute atomic E-state index is 12.0. The Bertz CT molecular complexity index is 427. The molecule has 2 N–H and O–H groups in total. The smallest absolute Gasteiger partial charge is 0.247 e. The molecule has 0 saturated carbocycles. The average molecular weight is 250 g/mol. The maximum Gasteiger partial charge on any atom is 0.247 e. The van der Waals surface area contributed by atoms with E-state index in [0.29, 0.717) is 6.54 Å². The summed E-state index contributed by atoms with van der Waals surface area (Å²) >= 11 is 0. The number of imidazole rings is 1. The molecule has 2 heterocycles. The van der Waals surface area contributed by atoms with Gasteiger partial charge in [-0.15, -0.1) is 0 Å². The van der Waals surface area contributed by atoms with Crippen LogP contribution in [0.3, 0.4) is 0 Å². The molecule has 2 rings (SSSR count). The molecule has 1 aromatic rings. The molecular formula is C12H18N4O2. The number of rotatable bonds is 5. The lowest BCUT2D eigenvalue weighted by Crippen LogP contribution is -2.42. The Morgan fingerprint density at radius 2 is 2.33 bits per heavy atom. The highest BCUT2D eigenvalue weighted by molar-refractivity contribution is 6.05. The molecule has 1 fully saturated rings. The fraction of sp³-hybridized carbons (Fsp3) is 0.583. The normalized spacial score (nSPS) is 20.2. The van der Waals surface area contributed by atoms with Gasteiger partial charge < -0.3 is 10.3 Å². The van der Waals surface area contributed by atoms with Crippen molar-refractivity contribution in [2.75, 3.05) is 6.54 Å². The molecular weight excluding hydrogens is 232 g/mol. The fourth-order valence-electron chi connectivity index (χ4n) is 2.16. The van der Waals surface area contributed by atoms with Crippen LogP contribution in [0.1, 0.15) is 26.0 Å². The minimum atomic E-state index is -0.372. The summed E-state index contributed by atoms with van der Waals surface area (Å²) in [6.07, 6.45) is 4.41. The van der Waals surface area contributed by atoms with Crippen LogP contribution in [-0.2, 0) is 16.0 Å². The lowest BCUT2D eigenvalue weighted by Gasteiger charge is -2.19. The van der Waals surface area contributed by atoms with E-state index in [2.05, 4.69) is 15.3 Å². The number of likely N-dealkylation sites (tertiary alicyclic amines) is 1. The van der Waals surface area contributed by atoms with Gasteiger partial charge in [0.2, 0.25) is 11.8 Å². The quantitative estimate of drug-likeness (QED) is 0.725. The third-order valence-electron chi connectivity index (χ3n) is 3.04. The summed E-state index contributed by atoms with van der Waals surface area (Å²) in [6.45, 7) is 4.35. The Balaban J connectivity index is 1.84. The molecule has 98 valence electrons. The van der Waals surface area contributed by atoms with Crippen molar-refractivity contribution in [3.05, 3.63) is 18.2 Å². The monoisotopic (exact) mass is 250 g/mol. The lowest BCUT2D eigenvalue weighted by atomic mass is 10.2. The minimum absolute atomic E-state index is 0.0654. The van der Waals surface area contributed by atoms with Gasteiger partial charge in [0, 0.05) is 30.9 Å². The van der Waals surface area contributed by atoms with Crippen molar-refractivity contribution < 1.29 is 9.59 Å². The number of nitrogens with one attached hydrogen (secondary N) is 2. The van der Waals surface area contributed by atoms with E-state index in [4.69, 9.17) is 0 Å². The molecule has 0 bridgehead atoms. The Morgan fingerprint density at radius 1 is 1.56 bits per heavy atom. The predicted octanol–water partition coefficient (Wildman–Crippen LogP) is 0.0777. The molecule has 0 aromatic carbocycles. The van der Waals surface area contributed by atoms with Gasteiger partial charge in [0.15, 0.2) is 0 Å². The standard InChI is InChI=1S/C12H18N4O2/c1-8(2)16-11(17)5-10(12(16)18)14-4-3-9-6-13-7-15-9/h6-8,10,14H,3-5H2,1-2H3,(H,13,15). The van der Waals surface area contributed by atoms with Crippen molar-refractivity contribution in [3.63, 3.8) is 0 Å². The summed E-state index contributed by atoms with van der Waals surface area (Å²) in [5, 5.41) is 3.13. The maximum atomic E-state index is 12.0. The van der Waals surface area contributed by atoms with Gasteiger partial charge in [-0.05, 0) is 13.8 Å². The first-order valence-corrected chi connectivity index (χ1v) is 6.16. The first kappa shape index (κ1) is 12.8. The lowest BCUT2D eigenvalue weighted by molar-refractivity contribution is -0.140. The second-order valence-electron chi connectivity index (χ2n) is 4.73. The van der Waals surface area contributed by atoms with Crippen LogP contribution in [0.25, 0.3) is 0 Å². The van der Waals surface area contributed by atoms with Crippen molar-refractivity contribution in [3.8, 4) is 0 Å². The van der Waals surface area contributed by atoms with Crippen LogP contribution in [0.15, 0.2) is 12.5 Å². The largest absolute Gasteiger partial charge is 0.348 e. The van der Waals surface area contributed by atoms with Crippen LogP contribution >= 0.6 is 0 Å². The third-order valence-corrected chi connectivity index (χ3v) is 3.04. The molecule has 0 spiro atoms. The predicted molar refractivity (Wildman–Crippen MR) is 65.7 cm³/mol. The van der Waals surface area contributed by atoms with Gasteiger partial charge >= 0.3 is 0 Å². The number of imide groups is 1. The van der Waals surface area contributed by atoms with Crippen LogP contribution in [-0.4, -0.2) is 45.3 Å². The number of carbonyl (C=O) groups is 2. The number of hydrogen-bond donors (Lipinski definition) is 2. The zero-order valence-electron chi connectivity index (χ0n) is 10.6. The van der Waals surface area contributed by atoms with Crippen molar-refractivity contribution in [2.24, 2.45) is 0 Å². The van der Waals surface area contributed by atoms with Gasteiger partial charge in [-0.3, -0.25) is 14.5 Å². The second-order valence-corrected chi connectivity index (χ2v) is 4.73. The van der Waals surface area contributed by atoms with Gasteiger partial charge in [-0.1, -0.05) is 0 Å². The van der Waals surface area contributed by atoms with Crippen molar-refractivity contribution >= 4 is 11.8 Å². The molecule has 1 aliphatic rings. The van der Waals surface area contributed by atoms with Gasteiger partial charge in [-0.2, -0.15) is 0 Å². The number of amides is 2. The first-order chi connectivity index (χ1) is 8.59. The molecule has 0 radical (unpaired) electrons. The molecule has 6 nitrogen and oxygen atoms in total. The summed E-state index contributed by atoms with van der Waals surface area (Å²) in [7, 11) is 0. The van der Waals surface area contributed by atoms with E-state index in [-0.39, 0.29) is 30.3 Å². The zero-order valence-corrected chi connectivity index (χ0v) is 10.6. The zero-order chi connectivity index (χ0) is 13.1. The van der Waals surface area contributed by atoms with Crippen LogP contribution < -0.4 is 5.32 Å². The Hall–Kier alpha value is -1.69. The number of aromatic nitrogens is 2. The Kier molecular flexibility index (Phi) is 3.76. The van der Waals surface area contributed by atoms with E-state index >= 15 is 0 Å². The Morgan fingerprint density at radius 3 is 2.89 bits per heavy atom. The van der Waals surface area contributed by atoms with Crippen LogP contribution in [0.4, 0.5) is 0 Å². The highest BCUT2D eigenvalue weighted by Gasteiger charge is 2.39. The summed E-state index contributed by atoms with van der Waals surface area (Å²) in [4.78, 5) is 31.9. The molecule has 6 heteroatoms. The van der Waals surface area contributed by atoms with Crippen LogP contribution in [0, 0.1) is 0 Å². The molecule has 1 atom stereocenters. The summed E-state index contributed by atoms with van der Waals surface area (Å²) in [5.74, 6) is -0.200. The van der Waals surface area contributed by atoms with E-state index in [0.717, 1.165) is 12.1 Å². The topological polar surface area (TPSA) is 78.1 Å². The number of nitrogens with zero attached hydrogens (tertiary/aromatic N) is 2. The fourth-order valence-corrected chi connectivity index (χ4v) is 2.16. The first-order valence-electron chi connectivity index (χ1n) is 6.16. The van der Waals surface area contributed by atoms with Gasteiger partial charge in [-0.25, -0.2) is 4.98 Å².